The Morgan fingerprint density at radius 1 is 1.26 bits per heavy atom. The Morgan fingerprint density at radius 2 is 2.13 bits per heavy atom. The van der Waals surface area contributed by atoms with Gasteiger partial charge >= 0.3 is 0 Å². The van der Waals surface area contributed by atoms with Gasteiger partial charge in [0.2, 0.25) is 5.89 Å². The topological polar surface area (TPSA) is 52.3 Å². The van der Waals surface area contributed by atoms with Gasteiger partial charge in [-0.05, 0) is 36.4 Å². The minimum absolute atomic E-state index is 0.201. The predicted octanol–water partition coefficient (Wildman–Crippen LogP) is 5.15. The standard InChI is InChI=1S/C17H11BrClNO3/c18-13-4-5-16(12(6-13)8-21)22-9-15-10-23-17(20-15)11-2-1-3-14(19)7-11/h1-8,10H,9H2. The van der Waals surface area contributed by atoms with E-state index < -0.39 is 0 Å². The van der Waals surface area contributed by atoms with Crippen molar-refractivity contribution in [1.29, 1.82) is 0 Å². The molecule has 0 N–H and O–H groups in total. The van der Waals surface area contributed by atoms with Crippen molar-refractivity contribution in [3.05, 3.63) is 69.5 Å². The second-order valence-electron chi connectivity index (χ2n) is 4.74. The summed E-state index contributed by atoms with van der Waals surface area (Å²) < 4.78 is 11.9. The number of hydrogen-bond donors (Lipinski definition) is 0. The maximum atomic E-state index is 11.1. The fourth-order valence-corrected chi connectivity index (χ4v) is 2.59. The molecule has 0 radical (unpaired) electrons. The Hall–Kier alpha value is -2.11. The summed E-state index contributed by atoms with van der Waals surface area (Å²) in [6.07, 6.45) is 2.27. The highest BCUT2D eigenvalue weighted by Gasteiger charge is 2.09. The van der Waals surface area contributed by atoms with Crippen molar-refractivity contribution >= 4 is 33.8 Å². The summed E-state index contributed by atoms with van der Waals surface area (Å²) in [6.45, 7) is 0.201. The van der Waals surface area contributed by atoms with E-state index in [1.165, 1.54) is 6.26 Å². The number of aldehydes is 1. The summed E-state index contributed by atoms with van der Waals surface area (Å²) >= 11 is 9.27. The van der Waals surface area contributed by atoms with Gasteiger partial charge in [0.1, 0.15) is 24.3 Å². The second-order valence-corrected chi connectivity index (χ2v) is 6.10. The van der Waals surface area contributed by atoms with Gasteiger partial charge in [-0.1, -0.05) is 33.6 Å². The van der Waals surface area contributed by atoms with Crippen molar-refractivity contribution in [1.82, 2.24) is 4.98 Å². The first kappa shape index (κ1) is 15.8. The van der Waals surface area contributed by atoms with Gasteiger partial charge in [-0.3, -0.25) is 4.79 Å². The first-order valence-corrected chi connectivity index (χ1v) is 7.90. The molecule has 0 spiro atoms. The van der Waals surface area contributed by atoms with Crippen LogP contribution in [0.1, 0.15) is 16.1 Å². The molecule has 4 nitrogen and oxygen atoms in total. The molecule has 0 saturated carbocycles. The average molecular weight is 393 g/mol. The third-order valence-corrected chi connectivity index (χ3v) is 3.83. The minimum atomic E-state index is 0.201. The van der Waals surface area contributed by atoms with E-state index >= 15 is 0 Å². The van der Waals surface area contributed by atoms with E-state index in [2.05, 4.69) is 20.9 Å². The van der Waals surface area contributed by atoms with E-state index in [4.69, 9.17) is 20.8 Å². The van der Waals surface area contributed by atoms with Crippen molar-refractivity contribution < 1.29 is 13.9 Å². The van der Waals surface area contributed by atoms with E-state index in [9.17, 15) is 4.79 Å². The maximum Gasteiger partial charge on any atom is 0.226 e. The van der Waals surface area contributed by atoms with E-state index in [1.54, 1.807) is 24.3 Å². The SMILES string of the molecule is O=Cc1cc(Br)ccc1OCc1coc(-c2cccc(Cl)c2)n1. The van der Waals surface area contributed by atoms with Crippen LogP contribution in [-0.4, -0.2) is 11.3 Å². The Labute approximate surface area is 146 Å². The molecule has 0 aliphatic carbocycles. The number of nitrogens with zero attached hydrogens (tertiary/aromatic N) is 1. The Morgan fingerprint density at radius 3 is 2.91 bits per heavy atom. The van der Waals surface area contributed by atoms with Gasteiger partial charge in [0.05, 0.1) is 5.56 Å². The predicted molar refractivity (Wildman–Crippen MR) is 90.8 cm³/mol. The number of aromatic nitrogens is 1. The lowest BCUT2D eigenvalue weighted by atomic mass is 10.2. The molecule has 0 aliphatic heterocycles. The molecule has 1 heterocycles. The molecule has 116 valence electrons. The van der Waals surface area contributed by atoms with Crippen molar-refractivity contribution in [2.24, 2.45) is 0 Å². The van der Waals surface area contributed by atoms with Gasteiger partial charge < -0.3 is 9.15 Å². The summed E-state index contributed by atoms with van der Waals surface area (Å²) in [6, 6.07) is 12.5. The molecule has 0 saturated heterocycles. The number of rotatable bonds is 5. The Bertz CT molecular complexity index is 847. The smallest absolute Gasteiger partial charge is 0.226 e. The highest BCUT2D eigenvalue weighted by molar-refractivity contribution is 9.10. The number of ether oxygens (including phenoxy) is 1. The lowest BCUT2D eigenvalue weighted by Gasteiger charge is -2.06. The summed E-state index contributed by atoms with van der Waals surface area (Å²) in [5.74, 6) is 0.966. The first-order valence-electron chi connectivity index (χ1n) is 6.73. The molecule has 0 atom stereocenters. The van der Waals surface area contributed by atoms with Crippen LogP contribution < -0.4 is 4.74 Å². The third-order valence-electron chi connectivity index (χ3n) is 3.10. The van der Waals surface area contributed by atoms with E-state index in [-0.39, 0.29) is 6.61 Å². The molecule has 0 fully saturated rings. The van der Waals surface area contributed by atoms with E-state index in [0.29, 0.717) is 27.9 Å². The van der Waals surface area contributed by atoms with Gasteiger partial charge in [-0.15, -0.1) is 0 Å². The quantitative estimate of drug-likeness (QED) is 0.564. The van der Waals surface area contributed by atoms with Crippen molar-refractivity contribution in [2.45, 2.75) is 6.61 Å². The van der Waals surface area contributed by atoms with Crippen LogP contribution in [0.5, 0.6) is 5.75 Å². The normalized spacial score (nSPS) is 10.5. The number of oxazole rings is 1. The van der Waals surface area contributed by atoms with E-state index in [1.807, 2.05) is 18.2 Å². The van der Waals surface area contributed by atoms with Crippen molar-refractivity contribution in [3.63, 3.8) is 0 Å². The average Bonchev–Trinajstić information content (AvgIpc) is 3.02. The highest BCUT2D eigenvalue weighted by Crippen LogP contribution is 2.24. The van der Waals surface area contributed by atoms with Crippen LogP contribution in [0.2, 0.25) is 5.02 Å². The van der Waals surface area contributed by atoms with Crippen LogP contribution in [0.15, 0.2) is 57.6 Å². The number of benzene rings is 2. The maximum absolute atomic E-state index is 11.1. The molecule has 0 aliphatic rings. The molecular weight excluding hydrogens is 382 g/mol. The molecule has 2 aromatic carbocycles. The monoisotopic (exact) mass is 391 g/mol. The van der Waals surface area contributed by atoms with Crippen LogP contribution in [0.25, 0.3) is 11.5 Å². The molecule has 0 bridgehead atoms. The molecule has 0 unspecified atom stereocenters. The summed E-state index contributed by atoms with van der Waals surface area (Å²) in [4.78, 5) is 15.4. The fourth-order valence-electron chi connectivity index (χ4n) is 2.02. The molecular formula is C17H11BrClNO3. The molecule has 0 amide bonds. The molecule has 3 aromatic rings. The second kappa shape index (κ2) is 6.98. The molecule has 1 aromatic heterocycles. The van der Waals surface area contributed by atoms with Gasteiger partial charge in [0.15, 0.2) is 6.29 Å². The summed E-state index contributed by atoms with van der Waals surface area (Å²) in [5, 5.41) is 0.615. The van der Waals surface area contributed by atoms with E-state index in [0.717, 1.165) is 16.3 Å². The van der Waals surface area contributed by atoms with Crippen LogP contribution in [0.4, 0.5) is 0 Å². The summed E-state index contributed by atoms with van der Waals surface area (Å²) in [5.41, 5.74) is 1.89. The van der Waals surface area contributed by atoms with Gasteiger partial charge in [-0.25, -0.2) is 4.98 Å². The first-order chi connectivity index (χ1) is 11.2. The number of carbonyl (C=O) groups is 1. The largest absolute Gasteiger partial charge is 0.486 e. The fraction of sp³-hybridized carbons (Fsp3) is 0.0588. The van der Waals surface area contributed by atoms with Crippen LogP contribution in [0.3, 0.4) is 0 Å². The number of hydrogen-bond acceptors (Lipinski definition) is 4. The zero-order valence-corrected chi connectivity index (χ0v) is 14.2. The Balaban J connectivity index is 1.74. The zero-order valence-electron chi connectivity index (χ0n) is 11.8. The van der Waals surface area contributed by atoms with Crippen LogP contribution >= 0.6 is 27.5 Å². The van der Waals surface area contributed by atoms with Crippen LogP contribution in [-0.2, 0) is 6.61 Å². The molecule has 23 heavy (non-hydrogen) atoms. The zero-order chi connectivity index (χ0) is 16.2. The highest BCUT2D eigenvalue weighted by atomic mass is 79.9. The number of halogens is 2. The van der Waals surface area contributed by atoms with Gasteiger partial charge in [0.25, 0.3) is 0 Å². The lowest BCUT2D eigenvalue weighted by molar-refractivity contribution is 0.111. The summed E-state index contributed by atoms with van der Waals surface area (Å²) in [7, 11) is 0. The number of carbonyl (C=O) groups excluding carboxylic acids is 1. The van der Waals surface area contributed by atoms with Crippen LogP contribution in [0, 0.1) is 0 Å². The van der Waals surface area contributed by atoms with Gasteiger partial charge in [-0.2, -0.15) is 0 Å². The Kier molecular flexibility index (Phi) is 4.79. The minimum Gasteiger partial charge on any atom is -0.486 e. The third kappa shape index (κ3) is 3.81. The van der Waals surface area contributed by atoms with Gasteiger partial charge in [0, 0.05) is 15.1 Å². The molecule has 6 heteroatoms. The van der Waals surface area contributed by atoms with Crippen molar-refractivity contribution in [2.75, 3.05) is 0 Å². The van der Waals surface area contributed by atoms with Crippen molar-refractivity contribution in [3.8, 4) is 17.2 Å². The molecule has 3 rings (SSSR count). The lowest BCUT2D eigenvalue weighted by Crippen LogP contribution is -1.98.